The highest BCUT2D eigenvalue weighted by Gasteiger charge is 2.27. The molecule has 0 spiro atoms. The van der Waals surface area contributed by atoms with Crippen molar-refractivity contribution in [1.82, 2.24) is 34.7 Å². The topological polar surface area (TPSA) is 119 Å². The van der Waals surface area contributed by atoms with Crippen molar-refractivity contribution in [2.24, 2.45) is 0 Å². The molecule has 0 saturated carbocycles. The molecule has 7 aromatic rings. The fourth-order valence-corrected chi connectivity index (χ4v) is 7.36. The summed E-state index contributed by atoms with van der Waals surface area (Å²) in [6.45, 7) is 4.26. The number of carbonyl (C=O) groups is 2. The molecule has 308 valence electrons. The number of carbonyl (C=O) groups excluding carboxylic acids is 2. The average Bonchev–Trinajstić information content (AvgIpc) is 4.06. The van der Waals surface area contributed by atoms with Crippen LogP contribution in [-0.2, 0) is 17.8 Å². The molecule has 11 heteroatoms. The number of hydrogen-bond acceptors (Lipinski definition) is 7. The fourth-order valence-electron chi connectivity index (χ4n) is 7.36. The summed E-state index contributed by atoms with van der Waals surface area (Å²) in [5.74, 6) is 13.2. The lowest BCUT2D eigenvalue weighted by Crippen LogP contribution is -2.40. The van der Waals surface area contributed by atoms with Crippen molar-refractivity contribution in [1.29, 1.82) is 0 Å². The first-order valence-electron chi connectivity index (χ1n) is 20.8. The Labute approximate surface area is 361 Å². The van der Waals surface area contributed by atoms with Crippen LogP contribution < -0.4 is 15.5 Å². The van der Waals surface area contributed by atoms with Crippen LogP contribution in [0.25, 0.3) is 11.1 Å². The van der Waals surface area contributed by atoms with E-state index >= 15 is 0 Å². The van der Waals surface area contributed by atoms with Gasteiger partial charge in [0.05, 0.1) is 37.6 Å². The molecule has 4 aromatic carbocycles. The predicted octanol–water partition coefficient (Wildman–Crippen LogP) is 7.16. The van der Waals surface area contributed by atoms with Gasteiger partial charge >= 0.3 is 0 Å². The van der Waals surface area contributed by atoms with Crippen LogP contribution in [0.15, 0.2) is 153 Å². The Balaban J connectivity index is 1.04. The lowest BCUT2D eigenvalue weighted by atomic mass is 9.97. The summed E-state index contributed by atoms with van der Waals surface area (Å²) in [6.07, 6.45) is 15.9. The molecule has 2 N–H and O–H groups in total. The Morgan fingerprint density at radius 3 is 1.98 bits per heavy atom. The monoisotopic (exact) mass is 818 g/mol. The Morgan fingerprint density at radius 2 is 1.29 bits per heavy atom. The summed E-state index contributed by atoms with van der Waals surface area (Å²) in [6, 6.07) is 33.2. The van der Waals surface area contributed by atoms with Gasteiger partial charge in [0.15, 0.2) is 0 Å². The number of benzene rings is 4. The van der Waals surface area contributed by atoms with E-state index in [2.05, 4.69) is 66.3 Å². The van der Waals surface area contributed by atoms with Gasteiger partial charge in [-0.25, -0.2) is 9.97 Å². The lowest BCUT2D eigenvalue weighted by molar-refractivity contribution is 0.0938. The minimum atomic E-state index is -0.151. The predicted molar refractivity (Wildman–Crippen MR) is 240 cm³/mol. The van der Waals surface area contributed by atoms with Crippen molar-refractivity contribution in [2.75, 3.05) is 37.7 Å². The molecule has 0 bridgehead atoms. The second-order valence-corrected chi connectivity index (χ2v) is 14.8. The molecule has 11 nitrogen and oxygen atoms in total. The Hall–Kier alpha value is -7.73. The number of nitrogens with one attached hydrogen (secondary N) is 2. The largest absolute Gasteiger partial charge is 0.377 e. The molecule has 2 amide bonds. The van der Waals surface area contributed by atoms with Crippen LogP contribution >= 0.6 is 0 Å². The van der Waals surface area contributed by atoms with E-state index in [1.807, 2.05) is 113 Å². The minimum absolute atomic E-state index is 0.140. The first kappa shape index (κ1) is 41.0. The Kier molecular flexibility index (Phi) is 13.6. The van der Waals surface area contributed by atoms with Gasteiger partial charge in [-0.15, -0.1) is 0 Å². The molecule has 1 unspecified atom stereocenters. The lowest BCUT2D eigenvalue weighted by Gasteiger charge is -2.38. The fraction of sp³-hybridized carbons (Fsp3) is 0.196. The molecule has 1 aliphatic heterocycles. The minimum Gasteiger partial charge on any atom is -0.377 e. The van der Waals surface area contributed by atoms with Gasteiger partial charge in [-0.3, -0.25) is 14.6 Å². The summed E-state index contributed by atoms with van der Waals surface area (Å²) in [5, 5.41) is 6.12. The van der Waals surface area contributed by atoms with Gasteiger partial charge in [-0.05, 0) is 96.3 Å². The number of amides is 2. The van der Waals surface area contributed by atoms with Crippen molar-refractivity contribution in [3.63, 3.8) is 0 Å². The first-order valence-corrected chi connectivity index (χ1v) is 20.8. The third kappa shape index (κ3) is 10.7. The molecule has 1 aliphatic rings. The van der Waals surface area contributed by atoms with Gasteiger partial charge in [0.1, 0.15) is 0 Å². The number of aromatic nitrogens is 5. The summed E-state index contributed by atoms with van der Waals surface area (Å²) in [4.78, 5) is 41.4. The van der Waals surface area contributed by atoms with Crippen molar-refractivity contribution < 1.29 is 14.3 Å². The first-order chi connectivity index (χ1) is 30.6. The number of hydrogen-bond donors (Lipinski definition) is 2. The molecule has 4 heterocycles. The van der Waals surface area contributed by atoms with E-state index in [0.29, 0.717) is 44.0 Å². The van der Waals surface area contributed by atoms with E-state index in [9.17, 15) is 9.59 Å². The van der Waals surface area contributed by atoms with Gasteiger partial charge in [0, 0.05) is 103 Å². The van der Waals surface area contributed by atoms with E-state index in [1.54, 1.807) is 37.4 Å². The quantitative estimate of drug-likeness (QED) is 0.0937. The number of anilines is 1. The van der Waals surface area contributed by atoms with Gasteiger partial charge in [-0.1, -0.05) is 60.1 Å². The number of rotatable bonds is 13. The Bertz CT molecular complexity index is 2710. The second kappa shape index (κ2) is 20.5. The zero-order valence-electron chi connectivity index (χ0n) is 34.3. The summed E-state index contributed by atoms with van der Waals surface area (Å²) < 4.78 is 10.1. The van der Waals surface area contributed by atoms with Gasteiger partial charge in [-0.2, -0.15) is 0 Å². The molecule has 1 saturated heterocycles. The molecule has 1 fully saturated rings. The number of ether oxygens (including phenoxy) is 1. The normalized spacial score (nSPS) is 13.3. The van der Waals surface area contributed by atoms with Gasteiger partial charge < -0.3 is 29.4 Å². The van der Waals surface area contributed by atoms with Crippen molar-refractivity contribution in [3.8, 4) is 34.8 Å². The molecule has 0 aliphatic carbocycles. The average molecular weight is 819 g/mol. The smallest absolute Gasteiger partial charge is 0.251 e. The van der Waals surface area contributed by atoms with E-state index in [-0.39, 0.29) is 17.9 Å². The van der Waals surface area contributed by atoms with Crippen LogP contribution in [0.2, 0.25) is 0 Å². The summed E-state index contributed by atoms with van der Waals surface area (Å²) in [5.41, 5.74) is 8.13. The van der Waals surface area contributed by atoms with Crippen LogP contribution in [0.3, 0.4) is 0 Å². The maximum atomic E-state index is 13.4. The number of aryl methyl sites for hydroxylation is 2. The van der Waals surface area contributed by atoms with Crippen LogP contribution in [-0.4, -0.2) is 68.7 Å². The third-order valence-corrected chi connectivity index (χ3v) is 10.6. The molecule has 0 radical (unpaired) electrons. The van der Waals surface area contributed by atoms with Crippen LogP contribution in [0.4, 0.5) is 5.69 Å². The van der Waals surface area contributed by atoms with E-state index in [0.717, 1.165) is 70.6 Å². The van der Waals surface area contributed by atoms with E-state index in [1.165, 1.54) is 0 Å². The molecular formula is C51H46N8O3. The van der Waals surface area contributed by atoms with E-state index in [4.69, 9.17) is 4.74 Å². The molecule has 8 rings (SSSR count). The van der Waals surface area contributed by atoms with Gasteiger partial charge in [0.25, 0.3) is 11.8 Å². The molecule has 1 atom stereocenters. The number of pyridine rings is 1. The Morgan fingerprint density at radius 1 is 0.645 bits per heavy atom. The van der Waals surface area contributed by atoms with Crippen molar-refractivity contribution in [2.45, 2.75) is 32.0 Å². The van der Waals surface area contributed by atoms with E-state index < -0.39 is 0 Å². The maximum absolute atomic E-state index is 13.4. The van der Waals surface area contributed by atoms with Crippen LogP contribution in [0.1, 0.15) is 67.4 Å². The molecule has 3 aromatic heterocycles. The summed E-state index contributed by atoms with van der Waals surface area (Å²) in [7, 11) is 0. The van der Waals surface area contributed by atoms with Crippen LogP contribution in [0, 0.1) is 23.7 Å². The molecular weight excluding hydrogens is 773 g/mol. The highest BCUT2D eigenvalue weighted by atomic mass is 16.5. The van der Waals surface area contributed by atoms with Crippen LogP contribution in [0.5, 0.6) is 0 Å². The van der Waals surface area contributed by atoms with Gasteiger partial charge in [0.2, 0.25) is 0 Å². The van der Waals surface area contributed by atoms with Crippen molar-refractivity contribution >= 4 is 17.5 Å². The zero-order chi connectivity index (χ0) is 42.4. The zero-order valence-corrected chi connectivity index (χ0v) is 34.3. The summed E-state index contributed by atoms with van der Waals surface area (Å²) >= 11 is 0. The second-order valence-electron chi connectivity index (χ2n) is 14.8. The highest BCUT2D eigenvalue weighted by Crippen LogP contribution is 2.33. The molecule has 62 heavy (non-hydrogen) atoms. The number of morpholine rings is 1. The highest BCUT2D eigenvalue weighted by molar-refractivity contribution is 5.96. The standard InChI is InChI=1S/C51H46N8O3/c60-50(55-21-5-27-57-29-25-53-37-57)45-15-17-47(41-19-23-52-24-20-41)42(34-45)13-12-40-9-4-10-43(33-40)49-36-62-32-31-59(49)48-18-16-46(35-44(48)14-11-39-7-2-1-3-8-39)51(61)56-22-6-28-58-30-26-54-38-58/h1-4,7-10,15-20,23-26,29-30,33-35,37-38,49H,5-6,21-22,27-28,31-32,36H2,(H,55,60)(H,56,61). The number of imidazole rings is 2. The van der Waals surface area contributed by atoms with Crippen molar-refractivity contribution in [3.05, 3.63) is 192 Å². The number of nitrogens with zero attached hydrogens (tertiary/aromatic N) is 6. The third-order valence-electron chi connectivity index (χ3n) is 10.6. The maximum Gasteiger partial charge on any atom is 0.251 e. The SMILES string of the molecule is O=C(NCCCn1ccnc1)c1ccc(-c2ccncc2)c(C#Cc2cccc(C3COCCN3c3ccc(C(=O)NCCCn4ccnc4)cc3C#Cc3ccccc3)c2)c1.